The number of aromatic nitrogens is 1. The zero-order valence-corrected chi connectivity index (χ0v) is 17.8. The van der Waals surface area contributed by atoms with Crippen LogP contribution in [-0.4, -0.2) is 36.8 Å². The van der Waals surface area contributed by atoms with Gasteiger partial charge in [-0.3, -0.25) is 9.78 Å². The summed E-state index contributed by atoms with van der Waals surface area (Å²) in [6.45, 7) is 2.18. The van der Waals surface area contributed by atoms with Crippen LogP contribution < -0.4 is 14.9 Å². The van der Waals surface area contributed by atoms with Gasteiger partial charge in [-0.15, -0.1) is 0 Å². The van der Waals surface area contributed by atoms with Crippen LogP contribution in [0, 0.1) is 0 Å². The molecule has 1 heterocycles. The Morgan fingerprint density at radius 3 is 2.59 bits per heavy atom. The average molecular weight is 433 g/mol. The van der Waals surface area contributed by atoms with Crippen molar-refractivity contribution in [2.75, 3.05) is 13.7 Å². The first-order valence-electron chi connectivity index (χ1n) is 9.91. The van der Waals surface area contributed by atoms with Crippen molar-refractivity contribution in [2.24, 2.45) is 5.10 Å². The van der Waals surface area contributed by atoms with Gasteiger partial charge in [-0.1, -0.05) is 12.1 Å². The van der Waals surface area contributed by atoms with Gasteiger partial charge >= 0.3 is 5.97 Å². The number of pyridine rings is 1. The summed E-state index contributed by atoms with van der Waals surface area (Å²) in [6.07, 6.45) is 4.59. The number of carbonyl (C=O) groups is 2. The third-order valence-electron chi connectivity index (χ3n) is 4.39. The summed E-state index contributed by atoms with van der Waals surface area (Å²) in [5.74, 6) is 0.255. The molecular weight excluding hydrogens is 410 g/mol. The molecule has 164 valence electrons. The fourth-order valence-electron chi connectivity index (χ4n) is 2.85. The lowest BCUT2D eigenvalue weighted by molar-refractivity contribution is 0.0521. The number of hydrogen-bond donors (Lipinski definition) is 1. The van der Waals surface area contributed by atoms with Gasteiger partial charge in [0.2, 0.25) is 0 Å². The van der Waals surface area contributed by atoms with Gasteiger partial charge in [-0.25, -0.2) is 10.2 Å². The lowest BCUT2D eigenvalue weighted by Crippen LogP contribution is -2.17. The zero-order chi connectivity index (χ0) is 22.8. The minimum atomic E-state index is -0.444. The topological polar surface area (TPSA) is 99.1 Å². The van der Waals surface area contributed by atoms with Crippen molar-refractivity contribution in [3.63, 3.8) is 0 Å². The smallest absolute Gasteiger partial charge is 0.341 e. The lowest BCUT2D eigenvalue weighted by atomic mass is 10.1. The molecule has 1 amide bonds. The number of nitrogens with one attached hydrogen (secondary N) is 1. The van der Waals surface area contributed by atoms with Crippen LogP contribution >= 0.6 is 0 Å². The number of para-hydroxylation sites is 1. The summed E-state index contributed by atoms with van der Waals surface area (Å²) < 4.78 is 16.4. The molecule has 0 radical (unpaired) electrons. The molecule has 8 heteroatoms. The molecule has 0 aliphatic rings. The molecule has 8 nitrogen and oxygen atoms in total. The lowest BCUT2D eigenvalue weighted by Gasteiger charge is -2.13. The molecule has 0 atom stereocenters. The van der Waals surface area contributed by atoms with Crippen LogP contribution in [0.5, 0.6) is 11.5 Å². The maximum absolute atomic E-state index is 12.1. The van der Waals surface area contributed by atoms with Gasteiger partial charge in [-0.2, -0.15) is 5.10 Å². The molecule has 0 bridgehead atoms. The van der Waals surface area contributed by atoms with Crippen molar-refractivity contribution >= 4 is 18.1 Å². The largest absolute Gasteiger partial charge is 0.496 e. The minimum Gasteiger partial charge on any atom is -0.496 e. The molecule has 0 aliphatic heterocycles. The van der Waals surface area contributed by atoms with E-state index in [1.165, 1.54) is 18.6 Å². The fourth-order valence-corrected chi connectivity index (χ4v) is 2.85. The van der Waals surface area contributed by atoms with E-state index in [1.807, 2.05) is 6.07 Å². The summed E-state index contributed by atoms with van der Waals surface area (Å²) in [5.41, 5.74) is 4.77. The maximum atomic E-state index is 12.1. The van der Waals surface area contributed by atoms with Crippen LogP contribution in [0.1, 0.15) is 38.8 Å². The number of hydrogen-bond acceptors (Lipinski definition) is 7. The molecule has 1 aromatic heterocycles. The number of carbonyl (C=O) groups excluding carboxylic acids is 2. The third-order valence-corrected chi connectivity index (χ3v) is 4.39. The second-order valence-corrected chi connectivity index (χ2v) is 6.51. The van der Waals surface area contributed by atoms with Crippen LogP contribution in [0.15, 0.2) is 72.1 Å². The van der Waals surface area contributed by atoms with Crippen molar-refractivity contribution < 1.29 is 23.8 Å². The quantitative estimate of drug-likeness (QED) is 0.314. The Labute approximate surface area is 185 Å². The number of hydrazone groups is 1. The van der Waals surface area contributed by atoms with Gasteiger partial charge in [0, 0.05) is 23.5 Å². The van der Waals surface area contributed by atoms with Crippen molar-refractivity contribution in [3.8, 4) is 11.5 Å². The monoisotopic (exact) mass is 433 g/mol. The van der Waals surface area contributed by atoms with E-state index >= 15 is 0 Å². The fraction of sp³-hybridized carbons (Fsp3) is 0.167. The minimum absolute atomic E-state index is 0.157. The Hall–Kier alpha value is -4.20. The van der Waals surface area contributed by atoms with Gasteiger partial charge in [0.1, 0.15) is 23.7 Å². The molecule has 0 spiro atoms. The van der Waals surface area contributed by atoms with E-state index in [4.69, 9.17) is 14.2 Å². The number of benzene rings is 2. The SMILES string of the molecule is CCOC(=O)c1ccccc1OCc1cc(/C=N/NC(=O)c2ccncc2)ccc1OC. The maximum Gasteiger partial charge on any atom is 0.341 e. The first-order chi connectivity index (χ1) is 15.6. The van der Waals surface area contributed by atoms with Gasteiger partial charge < -0.3 is 14.2 Å². The highest BCUT2D eigenvalue weighted by Crippen LogP contribution is 2.24. The van der Waals surface area contributed by atoms with E-state index in [2.05, 4.69) is 15.5 Å². The molecule has 0 saturated carbocycles. The number of rotatable bonds is 9. The summed E-state index contributed by atoms with van der Waals surface area (Å²) in [7, 11) is 1.56. The predicted molar refractivity (Wildman–Crippen MR) is 119 cm³/mol. The number of nitrogens with zero attached hydrogens (tertiary/aromatic N) is 2. The number of methoxy groups -OCH3 is 1. The highest BCUT2D eigenvalue weighted by atomic mass is 16.5. The van der Waals surface area contributed by atoms with Crippen LogP contribution in [-0.2, 0) is 11.3 Å². The van der Waals surface area contributed by atoms with E-state index in [1.54, 1.807) is 62.6 Å². The normalized spacial score (nSPS) is 10.6. The predicted octanol–water partition coefficient (Wildman–Crippen LogP) is 3.61. The molecule has 32 heavy (non-hydrogen) atoms. The van der Waals surface area contributed by atoms with E-state index in [0.717, 1.165) is 11.1 Å². The number of ether oxygens (including phenoxy) is 3. The Morgan fingerprint density at radius 2 is 1.84 bits per heavy atom. The second kappa shape index (κ2) is 11.3. The standard InChI is InChI=1S/C24H23N3O5/c1-3-31-24(29)20-6-4-5-7-22(20)32-16-19-14-17(8-9-21(19)30-2)15-26-27-23(28)18-10-12-25-13-11-18/h4-15H,3,16H2,1-2H3,(H,27,28)/b26-15+. The van der Waals surface area contributed by atoms with E-state index in [9.17, 15) is 9.59 Å². The molecule has 0 aliphatic carbocycles. The van der Waals surface area contributed by atoms with Crippen molar-refractivity contribution in [3.05, 3.63) is 89.2 Å². The van der Waals surface area contributed by atoms with Crippen LogP contribution in [0.3, 0.4) is 0 Å². The van der Waals surface area contributed by atoms with Gasteiger partial charge in [-0.05, 0) is 55.0 Å². The van der Waals surface area contributed by atoms with Crippen molar-refractivity contribution in [2.45, 2.75) is 13.5 Å². The summed E-state index contributed by atoms with van der Waals surface area (Å²) in [4.78, 5) is 28.1. The summed E-state index contributed by atoms with van der Waals surface area (Å²) in [6, 6.07) is 15.5. The van der Waals surface area contributed by atoms with Crippen molar-refractivity contribution in [1.82, 2.24) is 10.4 Å². The first-order valence-corrected chi connectivity index (χ1v) is 9.91. The zero-order valence-electron chi connectivity index (χ0n) is 17.8. The van der Waals surface area contributed by atoms with Gasteiger partial charge in [0.05, 0.1) is 19.9 Å². The Bertz CT molecular complexity index is 1100. The summed E-state index contributed by atoms with van der Waals surface area (Å²) in [5, 5.41) is 4.00. The average Bonchev–Trinajstić information content (AvgIpc) is 2.83. The summed E-state index contributed by atoms with van der Waals surface area (Å²) >= 11 is 0. The van der Waals surface area contributed by atoms with E-state index < -0.39 is 5.97 Å². The van der Waals surface area contributed by atoms with Crippen LogP contribution in [0.2, 0.25) is 0 Å². The third kappa shape index (κ3) is 5.91. The molecule has 1 N–H and O–H groups in total. The highest BCUT2D eigenvalue weighted by molar-refractivity contribution is 5.94. The highest BCUT2D eigenvalue weighted by Gasteiger charge is 2.14. The van der Waals surface area contributed by atoms with E-state index in [0.29, 0.717) is 22.6 Å². The number of amides is 1. The number of esters is 1. The molecule has 0 saturated heterocycles. The Balaban J connectivity index is 1.71. The van der Waals surface area contributed by atoms with E-state index in [-0.39, 0.29) is 19.1 Å². The molecule has 2 aromatic carbocycles. The van der Waals surface area contributed by atoms with Crippen molar-refractivity contribution in [1.29, 1.82) is 0 Å². The molecule has 3 aromatic rings. The second-order valence-electron chi connectivity index (χ2n) is 6.51. The molecule has 3 rings (SSSR count). The molecular formula is C24H23N3O5. The van der Waals surface area contributed by atoms with Gasteiger partial charge in [0.15, 0.2) is 0 Å². The Morgan fingerprint density at radius 1 is 1.06 bits per heavy atom. The van der Waals surface area contributed by atoms with Gasteiger partial charge in [0.25, 0.3) is 5.91 Å². The first kappa shape index (κ1) is 22.5. The van der Waals surface area contributed by atoms with Crippen LogP contribution in [0.4, 0.5) is 0 Å². The molecule has 0 unspecified atom stereocenters. The van der Waals surface area contributed by atoms with Crippen LogP contribution in [0.25, 0.3) is 0 Å². The molecule has 0 fully saturated rings. The Kier molecular flexibility index (Phi) is 7.91.